The van der Waals surface area contributed by atoms with Crippen molar-refractivity contribution in [1.82, 2.24) is 10.2 Å². The third-order valence-electron chi connectivity index (χ3n) is 6.46. The minimum atomic E-state index is -1.55. The Bertz CT molecular complexity index is 1310. The predicted molar refractivity (Wildman–Crippen MR) is 151 cm³/mol. The normalized spacial score (nSPS) is 20.7. The molecule has 2 aliphatic heterocycles. The van der Waals surface area contributed by atoms with Crippen LogP contribution in [0.25, 0.3) is 0 Å². The fourth-order valence-corrected chi connectivity index (χ4v) is 7.47. The SMILES string of the molecule is COC1(NC(=O)Cc2cccs2)C(=O)N2C(C(=O)OC(c3ccccc3)c3ccccc3)=C(CBr)CS[C@H]21. The Morgan fingerprint density at radius 1 is 1.08 bits per heavy atom. The zero-order valence-electron chi connectivity index (χ0n) is 20.5. The zero-order valence-corrected chi connectivity index (χ0v) is 23.7. The van der Waals surface area contributed by atoms with E-state index in [-0.39, 0.29) is 18.0 Å². The van der Waals surface area contributed by atoms with Gasteiger partial charge in [0.2, 0.25) is 5.91 Å². The highest BCUT2D eigenvalue weighted by molar-refractivity contribution is 9.09. The van der Waals surface area contributed by atoms with Crippen LogP contribution in [-0.4, -0.2) is 52.0 Å². The molecule has 0 bridgehead atoms. The highest BCUT2D eigenvalue weighted by Crippen LogP contribution is 2.47. The molecule has 2 atom stereocenters. The van der Waals surface area contributed by atoms with Crippen LogP contribution >= 0.6 is 39.0 Å². The van der Waals surface area contributed by atoms with E-state index in [1.54, 1.807) is 0 Å². The summed E-state index contributed by atoms with van der Waals surface area (Å²) in [6.45, 7) is 0. The number of carbonyl (C=O) groups is 3. The Hall–Kier alpha value is -2.92. The fraction of sp³-hybridized carbons (Fsp3) is 0.250. The number of benzene rings is 2. The number of nitrogens with one attached hydrogen (secondary N) is 1. The first kappa shape index (κ1) is 26.7. The smallest absolute Gasteiger partial charge is 0.356 e. The van der Waals surface area contributed by atoms with E-state index in [0.717, 1.165) is 21.6 Å². The van der Waals surface area contributed by atoms with Crippen LogP contribution in [0.1, 0.15) is 22.1 Å². The minimum Gasteiger partial charge on any atom is -0.448 e. The largest absolute Gasteiger partial charge is 0.448 e. The Labute approximate surface area is 237 Å². The van der Waals surface area contributed by atoms with Gasteiger partial charge in [-0.3, -0.25) is 14.5 Å². The Balaban J connectivity index is 1.41. The summed E-state index contributed by atoms with van der Waals surface area (Å²) in [4.78, 5) is 42.5. The van der Waals surface area contributed by atoms with Crippen molar-refractivity contribution in [1.29, 1.82) is 0 Å². The minimum absolute atomic E-state index is 0.140. The molecule has 0 radical (unpaired) electrons. The molecule has 7 nitrogen and oxygen atoms in total. The lowest BCUT2D eigenvalue weighted by atomic mass is 9.97. The number of ether oxygens (including phenoxy) is 2. The molecule has 3 heterocycles. The molecule has 38 heavy (non-hydrogen) atoms. The number of carbonyl (C=O) groups excluding carboxylic acids is 3. The molecule has 5 rings (SSSR count). The van der Waals surface area contributed by atoms with E-state index >= 15 is 0 Å². The van der Waals surface area contributed by atoms with E-state index in [9.17, 15) is 14.4 Å². The number of β-lactam (4-membered cyclic amide) rings is 1. The first-order valence-corrected chi connectivity index (χ1v) is 15.0. The molecule has 1 saturated heterocycles. The number of amides is 2. The van der Waals surface area contributed by atoms with Gasteiger partial charge < -0.3 is 14.8 Å². The summed E-state index contributed by atoms with van der Waals surface area (Å²) in [6, 6.07) is 22.7. The molecule has 1 fully saturated rings. The highest BCUT2D eigenvalue weighted by Gasteiger charge is 2.66. The van der Waals surface area contributed by atoms with E-state index in [0.29, 0.717) is 11.1 Å². The number of fused-ring (bicyclic) bond motifs is 1. The van der Waals surface area contributed by atoms with Crippen LogP contribution in [0.4, 0.5) is 0 Å². The number of halogens is 1. The lowest BCUT2D eigenvalue weighted by Gasteiger charge is -2.56. The van der Waals surface area contributed by atoms with Gasteiger partial charge in [0.1, 0.15) is 11.1 Å². The first-order chi connectivity index (χ1) is 18.5. The Morgan fingerprint density at radius 2 is 1.74 bits per heavy atom. The molecule has 0 saturated carbocycles. The fourth-order valence-electron chi connectivity index (χ4n) is 4.60. The molecule has 0 aliphatic carbocycles. The Morgan fingerprint density at radius 3 is 2.29 bits per heavy atom. The number of alkyl halides is 1. The number of esters is 1. The molecule has 0 spiro atoms. The molecule has 2 aliphatic rings. The van der Waals surface area contributed by atoms with E-state index in [4.69, 9.17) is 9.47 Å². The first-order valence-electron chi connectivity index (χ1n) is 11.9. The number of rotatable bonds is 9. The van der Waals surface area contributed by atoms with Crippen LogP contribution < -0.4 is 5.32 Å². The van der Waals surface area contributed by atoms with Gasteiger partial charge in [-0.2, -0.15) is 0 Å². The van der Waals surface area contributed by atoms with Gasteiger partial charge in [-0.25, -0.2) is 4.79 Å². The van der Waals surface area contributed by atoms with Gasteiger partial charge in [0.25, 0.3) is 11.6 Å². The monoisotopic (exact) mass is 612 g/mol. The summed E-state index contributed by atoms with van der Waals surface area (Å²) >= 11 is 6.37. The van der Waals surface area contributed by atoms with E-state index in [2.05, 4.69) is 21.2 Å². The zero-order chi connectivity index (χ0) is 26.7. The van der Waals surface area contributed by atoms with Crippen LogP contribution in [0.15, 0.2) is 89.4 Å². The van der Waals surface area contributed by atoms with Crippen molar-refractivity contribution in [2.75, 3.05) is 18.2 Å². The average molecular weight is 614 g/mol. The molecular formula is C28H25BrN2O5S2. The molecule has 1 aromatic heterocycles. The van der Waals surface area contributed by atoms with E-state index < -0.39 is 29.1 Å². The van der Waals surface area contributed by atoms with Crippen LogP contribution in [-0.2, 0) is 30.3 Å². The van der Waals surface area contributed by atoms with Crippen molar-refractivity contribution in [3.63, 3.8) is 0 Å². The highest BCUT2D eigenvalue weighted by atomic mass is 79.9. The molecule has 2 aromatic carbocycles. The summed E-state index contributed by atoms with van der Waals surface area (Å²) < 4.78 is 11.7. The molecule has 3 aromatic rings. The maximum atomic E-state index is 13.8. The third kappa shape index (κ3) is 4.93. The second kappa shape index (κ2) is 11.4. The van der Waals surface area contributed by atoms with Gasteiger partial charge in [-0.05, 0) is 28.1 Å². The Kier molecular flexibility index (Phi) is 8.04. The van der Waals surface area contributed by atoms with Gasteiger partial charge in [-0.1, -0.05) is 82.7 Å². The summed E-state index contributed by atoms with van der Waals surface area (Å²) in [7, 11) is 1.39. The predicted octanol–water partition coefficient (Wildman–Crippen LogP) is 4.65. The van der Waals surface area contributed by atoms with Crippen LogP contribution in [0.2, 0.25) is 0 Å². The van der Waals surface area contributed by atoms with Crippen molar-refractivity contribution in [2.24, 2.45) is 0 Å². The van der Waals surface area contributed by atoms with Gasteiger partial charge in [0.15, 0.2) is 6.10 Å². The van der Waals surface area contributed by atoms with Crippen LogP contribution in [0, 0.1) is 0 Å². The van der Waals surface area contributed by atoms with E-state index in [1.807, 2.05) is 78.2 Å². The molecule has 2 amide bonds. The van der Waals surface area contributed by atoms with Crippen molar-refractivity contribution in [3.05, 3.63) is 105 Å². The van der Waals surface area contributed by atoms with Gasteiger partial charge >= 0.3 is 5.97 Å². The van der Waals surface area contributed by atoms with Crippen LogP contribution in [0.3, 0.4) is 0 Å². The van der Waals surface area contributed by atoms with Gasteiger partial charge in [0, 0.05) is 23.1 Å². The number of methoxy groups -OCH3 is 1. The average Bonchev–Trinajstić information content (AvgIpc) is 3.47. The summed E-state index contributed by atoms with van der Waals surface area (Å²) in [5, 5.41) is 4.48. The lowest BCUT2D eigenvalue weighted by Crippen LogP contribution is -2.80. The van der Waals surface area contributed by atoms with Crippen molar-refractivity contribution in [2.45, 2.75) is 23.6 Å². The van der Waals surface area contributed by atoms with Gasteiger partial charge in [-0.15, -0.1) is 23.1 Å². The number of thioether (sulfide) groups is 1. The molecular weight excluding hydrogens is 588 g/mol. The summed E-state index contributed by atoms with van der Waals surface area (Å²) in [6.07, 6.45) is -0.517. The number of thiophene rings is 1. The summed E-state index contributed by atoms with van der Waals surface area (Å²) in [5.74, 6) is -0.962. The topological polar surface area (TPSA) is 84.9 Å². The van der Waals surface area contributed by atoms with Gasteiger partial charge in [0.05, 0.1) is 6.42 Å². The molecule has 196 valence electrons. The second-order valence-electron chi connectivity index (χ2n) is 8.78. The van der Waals surface area contributed by atoms with Crippen molar-refractivity contribution >= 4 is 56.8 Å². The molecule has 10 heteroatoms. The second-order valence-corrected chi connectivity index (χ2v) is 11.4. The standard InChI is InChI=1S/C28H25BrN2O5S2/c1-35-28(30-22(32)15-21-13-8-14-37-21)26(34)31-23(20(16-29)17-38-27(28)31)25(33)36-24(18-9-4-2-5-10-18)19-11-6-3-7-12-19/h2-14,24,27H,15-17H2,1H3,(H,30,32)/t27-,28?/m0/s1. The third-order valence-corrected chi connectivity index (χ3v) is 9.38. The van der Waals surface area contributed by atoms with E-state index in [1.165, 1.54) is 35.1 Å². The van der Waals surface area contributed by atoms with Crippen molar-refractivity contribution < 1.29 is 23.9 Å². The maximum absolute atomic E-state index is 13.8. The molecule has 1 unspecified atom stereocenters. The number of nitrogens with zero attached hydrogens (tertiary/aromatic N) is 1. The molecule has 1 N–H and O–H groups in total. The number of hydrogen-bond donors (Lipinski definition) is 1. The summed E-state index contributed by atoms with van der Waals surface area (Å²) in [5.41, 5.74) is 1.00. The van der Waals surface area contributed by atoms with Crippen LogP contribution in [0.5, 0.6) is 0 Å². The number of hydrogen-bond acceptors (Lipinski definition) is 7. The van der Waals surface area contributed by atoms with Crippen molar-refractivity contribution in [3.8, 4) is 0 Å². The quantitative estimate of drug-likeness (QED) is 0.164. The maximum Gasteiger partial charge on any atom is 0.356 e. The lowest BCUT2D eigenvalue weighted by molar-refractivity contribution is -0.193.